The van der Waals surface area contributed by atoms with Gasteiger partial charge in [0.05, 0.1) is 6.61 Å². The molecule has 1 aliphatic rings. The van der Waals surface area contributed by atoms with Crippen LogP contribution in [0, 0.1) is 12.7 Å². The van der Waals surface area contributed by atoms with E-state index < -0.39 is 0 Å². The summed E-state index contributed by atoms with van der Waals surface area (Å²) in [6, 6.07) is 9.22. The van der Waals surface area contributed by atoms with Crippen LogP contribution in [0.5, 0.6) is 5.75 Å². The number of hydrogen-bond donors (Lipinski definition) is 1. The molecule has 0 aliphatic carbocycles. The highest BCUT2D eigenvalue weighted by Crippen LogP contribution is 2.33. The molecule has 0 aromatic heterocycles. The quantitative estimate of drug-likeness (QED) is 0.895. The van der Waals surface area contributed by atoms with E-state index >= 15 is 0 Å². The molecule has 0 saturated heterocycles. The maximum absolute atomic E-state index is 13.5. The maximum atomic E-state index is 13.5. The smallest absolute Gasteiger partial charge is 0.128 e. The fourth-order valence-corrected chi connectivity index (χ4v) is 3.02. The van der Waals surface area contributed by atoms with Crippen LogP contribution >= 0.6 is 15.9 Å². The van der Waals surface area contributed by atoms with Gasteiger partial charge in [0.15, 0.2) is 0 Å². The molecule has 1 heterocycles. The van der Waals surface area contributed by atoms with E-state index in [1.54, 1.807) is 13.0 Å². The number of hydrogen-bond acceptors (Lipinski definition) is 2. The molecule has 2 aromatic carbocycles. The summed E-state index contributed by atoms with van der Waals surface area (Å²) in [5.74, 6) is 0.778. The van der Waals surface area contributed by atoms with Gasteiger partial charge in [-0.2, -0.15) is 0 Å². The lowest BCUT2D eigenvalue weighted by Crippen LogP contribution is -2.03. The number of anilines is 1. The van der Waals surface area contributed by atoms with Gasteiger partial charge in [0.2, 0.25) is 0 Å². The Bertz CT molecular complexity index is 657. The van der Waals surface area contributed by atoms with Gasteiger partial charge in [0.25, 0.3) is 0 Å². The molecule has 104 valence electrons. The normalized spacial score (nSPS) is 12.9. The van der Waals surface area contributed by atoms with Gasteiger partial charge in [-0.05, 0) is 36.8 Å². The van der Waals surface area contributed by atoms with Gasteiger partial charge >= 0.3 is 0 Å². The van der Waals surface area contributed by atoms with Crippen LogP contribution < -0.4 is 10.1 Å². The Labute approximate surface area is 126 Å². The van der Waals surface area contributed by atoms with Gasteiger partial charge in [0.1, 0.15) is 11.6 Å². The Balaban J connectivity index is 1.84. The summed E-state index contributed by atoms with van der Waals surface area (Å²) >= 11 is 3.52. The van der Waals surface area contributed by atoms with Gasteiger partial charge < -0.3 is 10.1 Å². The lowest BCUT2D eigenvalue weighted by atomic mass is 10.1. The minimum atomic E-state index is -0.189. The summed E-state index contributed by atoms with van der Waals surface area (Å²) in [6.07, 6.45) is 0.945. The topological polar surface area (TPSA) is 21.3 Å². The van der Waals surface area contributed by atoms with Crippen molar-refractivity contribution in [3.63, 3.8) is 0 Å². The number of rotatable bonds is 3. The average Bonchev–Trinajstić information content (AvgIpc) is 2.88. The highest BCUT2D eigenvalue weighted by atomic mass is 79.9. The van der Waals surface area contributed by atoms with E-state index in [-0.39, 0.29) is 5.82 Å². The number of nitrogens with one attached hydrogen (secondary N) is 1. The van der Waals surface area contributed by atoms with Crippen LogP contribution in [0.2, 0.25) is 0 Å². The van der Waals surface area contributed by atoms with Crippen molar-refractivity contribution in [2.45, 2.75) is 19.9 Å². The predicted molar refractivity (Wildman–Crippen MR) is 81.8 cm³/mol. The maximum Gasteiger partial charge on any atom is 0.128 e. The van der Waals surface area contributed by atoms with E-state index in [0.717, 1.165) is 34.5 Å². The van der Waals surface area contributed by atoms with Crippen LogP contribution in [-0.4, -0.2) is 6.61 Å². The van der Waals surface area contributed by atoms with Crippen LogP contribution in [0.4, 0.5) is 10.1 Å². The second kappa shape index (κ2) is 5.44. The molecule has 3 rings (SSSR count). The lowest BCUT2D eigenvalue weighted by Gasteiger charge is -2.13. The van der Waals surface area contributed by atoms with Crippen molar-refractivity contribution in [1.82, 2.24) is 0 Å². The fourth-order valence-electron chi connectivity index (χ4n) is 2.47. The van der Waals surface area contributed by atoms with Crippen molar-refractivity contribution >= 4 is 21.6 Å². The SMILES string of the molecule is Cc1c(F)cccc1NCc1cc(Br)cc2c1OCC2. The lowest BCUT2D eigenvalue weighted by molar-refractivity contribution is 0.354. The minimum absolute atomic E-state index is 0.189. The van der Waals surface area contributed by atoms with Crippen molar-refractivity contribution < 1.29 is 9.13 Å². The molecule has 2 nitrogen and oxygen atoms in total. The molecular formula is C16H15BrFNO. The second-order valence-corrected chi connectivity index (χ2v) is 5.83. The summed E-state index contributed by atoms with van der Waals surface area (Å²) in [7, 11) is 0. The highest BCUT2D eigenvalue weighted by Gasteiger charge is 2.17. The first-order valence-corrected chi connectivity index (χ1v) is 7.37. The third kappa shape index (κ3) is 2.52. The molecule has 0 unspecified atom stereocenters. The molecule has 1 aliphatic heterocycles. The van der Waals surface area contributed by atoms with Crippen LogP contribution in [0.3, 0.4) is 0 Å². The summed E-state index contributed by atoms with van der Waals surface area (Å²) in [5, 5.41) is 3.29. The monoisotopic (exact) mass is 335 g/mol. The molecule has 4 heteroatoms. The third-order valence-corrected chi connectivity index (χ3v) is 4.02. The zero-order chi connectivity index (χ0) is 14.1. The van der Waals surface area contributed by atoms with Gasteiger partial charge in [0, 0.05) is 34.3 Å². The Hall–Kier alpha value is -1.55. The highest BCUT2D eigenvalue weighted by molar-refractivity contribution is 9.10. The number of halogens is 2. The predicted octanol–water partition coefficient (Wildman–Crippen LogP) is 4.44. The van der Waals surface area contributed by atoms with Gasteiger partial charge in [-0.15, -0.1) is 0 Å². The van der Waals surface area contributed by atoms with Gasteiger partial charge in [-0.25, -0.2) is 4.39 Å². The van der Waals surface area contributed by atoms with Crippen LogP contribution in [-0.2, 0) is 13.0 Å². The number of fused-ring (bicyclic) bond motifs is 1. The van der Waals surface area contributed by atoms with E-state index in [1.807, 2.05) is 12.1 Å². The number of ether oxygens (including phenoxy) is 1. The molecule has 0 fully saturated rings. The Kier molecular flexibility index (Phi) is 3.66. The molecule has 0 saturated carbocycles. The first-order valence-electron chi connectivity index (χ1n) is 6.58. The van der Waals surface area contributed by atoms with Gasteiger partial charge in [-0.3, -0.25) is 0 Å². The summed E-state index contributed by atoms with van der Waals surface area (Å²) in [6.45, 7) is 3.13. The standard InChI is InChI=1S/C16H15BrFNO/c1-10-14(18)3-2-4-15(10)19-9-12-8-13(17)7-11-5-6-20-16(11)12/h2-4,7-8,19H,5-6,9H2,1H3. The van der Waals surface area contributed by atoms with Gasteiger partial charge in [-0.1, -0.05) is 22.0 Å². The summed E-state index contributed by atoms with van der Waals surface area (Å²) < 4.78 is 20.3. The first kappa shape index (κ1) is 13.4. The van der Waals surface area contributed by atoms with Crippen LogP contribution in [0.1, 0.15) is 16.7 Å². The van der Waals surface area contributed by atoms with E-state index in [1.165, 1.54) is 11.6 Å². The molecule has 0 radical (unpaired) electrons. The molecular weight excluding hydrogens is 321 g/mol. The Morgan fingerprint density at radius 2 is 2.20 bits per heavy atom. The minimum Gasteiger partial charge on any atom is -0.493 e. The van der Waals surface area contributed by atoms with E-state index in [2.05, 4.69) is 27.3 Å². The largest absolute Gasteiger partial charge is 0.493 e. The molecule has 1 N–H and O–H groups in total. The van der Waals surface area contributed by atoms with Crippen LogP contribution in [0.25, 0.3) is 0 Å². The fraction of sp³-hybridized carbons (Fsp3) is 0.250. The van der Waals surface area contributed by atoms with Crippen molar-refractivity contribution in [2.75, 3.05) is 11.9 Å². The molecule has 0 spiro atoms. The molecule has 0 atom stereocenters. The third-order valence-electron chi connectivity index (χ3n) is 3.56. The molecule has 0 amide bonds. The van der Waals surface area contributed by atoms with E-state index in [4.69, 9.17) is 4.74 Å². The van der Waals surface area contributed by atoms with Crippen molar-refractivity contribution in [1.29, 1.82) is 0 Å². The molecule has 2 aromatic rings. The number of benzene rings is 2. The zero-order valence-electron chi connectivity index (χ0n) is 11.2. The zero-order valence-corrected chi connectivity index (χ0v) is 12.8. The Morgan fingerprint density at radius 3 is 3.05 bits per heavy atom. The van der Waals surface area contributed by atoms with Crippen molar-refractivity contribution in [3.8, 4) is 5.75 Å². The summed E-state index contributed by atoms with van der Waals surface area (Å²) in [5.41, 5.74) is 3.78. The van der Waals surface area contributed by atoms with Crippen molar-refractivity contribution in [3.05, 3.63) is 57.3 Å². The Morgan fingerprint density at radius 1 is 1.35 bits per heavy atom. The summed E-state index contributed by atoms with van der Waals surface area (Å²) in [4.78, 5) is 0. The second-order valence-electron chi connectivity index (χ2n) is 4.92. The molecule has 0 bridgehead atoms. The van der Waals surface area contributed by atoms with E-state index in [0.29, 0.717) is 12.1 Å². The van der Waals surface area contributed by atoms with Crippen molar-refractivity contribution in [2.24, 2.45) is 0 Å². The van der Waals surface area contributed by atoms with E-state index in [9.17, 15) is 4.39 Å². The average molecular weight is 336 g/mol. The molecule has 20 heavy (non-hydrogen) atoms. The first-order chi connectivity index (χ1) is 9.65. The van der Waals surface area contributed by atoms with Crippen LogP contribution in [0.15, 0.2) is 34.8 Å².